The second-order valence-electron chi connectivity index (χ2n) is 4.58. The quantitative estimate of drug-likeness (QED) is 0.869. The Bertz CT molecular complexity index is 419. The van der Waals surface area contributed by atoms with E-state index in [-0.39, 0.29) is 25.2 Å². The first-order valence-corrected chi connectivity index (χ1v) is 6.05. The molecular formula is C10H14F3N5O. The maximum Gasteiger partial charge on any atom is 0.392 e. The summed E-state index contributed by atoms with van der Waals surface area (Å²) in [6.45, 7) is -0.0174. The van der Waals surface area contributed by atoms with Gasteiger partial charge in [-0.25, -0.2) is 0 Å². The predicted octanol–water partition coefficient (Wildman–Crippen LogP) is 1.18. The number of hydrogen-bond donors (Lipinski definition) is 2. The molecule has 0 radical (unpaired) electrons. The fourth-order valence-corrected chi connectivity index (χ4v) is 2.39. The lowest BCUT2D eigenvalue weighted by Gasteiger charge is -2.31. The first-order chi connectivity index (χ1) is 8.98. The van der Waals surface area contributed by atoms with Crippen LogP contribution in [-0.4, -0.2) is 32.7 Å². The Morgan fingerprint density at radius 3 is 2.74 bits per heavy atom. The number of amides is 1. The highest BCUT2D eigenvalue weighted by molar-refractivity contribution is 5.79. The van der Waals surface area contributed by atoms with Gasteiger partial charge >= 0.3 is 6.18 Å². The number of alkyl halides is 3. The standard InChI is InChI=1S/C10H14F3N5O/c11-10(12,13)7-4-2-1-3-6(7)9(19)14-5-8-15-17-18-16-8/h6-7H,1-5H2,(H,14,19)(H,15,16,17,18). The van der Waals surface area contributed by atoms with Crippen molar-refractivity contribution in [1.82, 2.24) is 25.9 Å². The van der Waals surface area contributed by atoms with E-state index in [1.54, 1.807) is 0 Å². The molecule has 2 atom stereocenters. The number of rotatable bonds is 3. The van der Waals surface area contributed by atoms with Crippen LogP contribution in [0.1, 0.15) is 31.5 Å². The van der Waals surface area contributed by atoms with Crippen molar-refractivity contribution in [3.8, 4) is 0 Å². The molecule has 0 spiro atoms. The zero-order chi connectivity index (χ0) is 13.9. The molecule has 2 rings (SSSR count). The molecule has 106 valence electrons. The van der Waals surface area contributed by atoms with Gasteiger partial charge < -0.3 is 5.32 Å². The van der Waals surface area contributed by atoms with Gasteiger partial charge in [-0.2, -0.15) is 18.4 Å². The molecule has 0 saturated heterocycles. The minimum absolute atomic E-state index is 0.0174. The van der Waals surface area contributed by atoms with Gasteiger partial charge in [0.15, 0.2) is 5.82 Å². The number of halogens is 3. The summed E-state index contributed by atoms with van der Waals surface area (Å²) in [5.41, 5.74) is 0. The average Bonchev–Trinajstić information content (AvgIpc) is 2.88. The second-order valence-corrected chi connectivity index (χ2v) is 4.58. The monoisotopic (exact) mass is 277 g/mol. The summed E-state index contributed by atoms with van der Waals surface area (Å²) in [5.74, 6) is -2.91. The summed E-state index contributed by atoms with van der Waals surface area (Å²) in [5, 5.41) is 15.2. The van der Waals surface area contributed by atoms with Gasteiger partial charge in [-0.3, -0.25) is 4.79 Å². The molecule has 0 bridgehead atoms. The Kier molecular flexibility index (Phi) is 4.01. The lowest BCUT2D eigenvalue weighted by atomic mass is 9.78. The summed E-state index contributed by atoms with van der Waals surface area (Å²) in [4.78, 5) is 11.9. The Morgan fingerprint density at radius 2 is 2.11 bits per heavy atom. The molecule has 1 aliphatic carbocycles. The molecule has 9 heteroatoms. The lowest BCUT2D eigenvalue weighted by Crippen LogP contribution is -2.42. The molecule has 1 saturated carbocycles. The fraction of sp³-hybridized carbons (Fsp3) is 0.800. The van der Waals surface area contributed by atoms with Gasteiger partial charge in [0.2, 0.25) is 5.91 Å². The predicted molar refractivity (Wildman–Crippen MR) is 57.5 cm³/mol. The Balaban J connectivity index is 1.95. The Morgan fingerprint density at radius 1 is 1.37 bits per heavy atom. The number of aromatic amines is 1. The average molecular weight is 277 g/mol. The van der Waals surface area contributed by atoms with E-state index in [4.69, 9.17) is 0 Å². The number of tetrazole rings is 1. The normalized spacial score (nSPS) is 24.2. The molecule has 6 nitrogen and oxygen atoms in total. The topological polar surface area (TPSA) is 83.6 Å². The SMILES string of the molecule is O=C(NCc1nn[nH]n1)C1CCCCC1C(F)(F)F. The van der Waals surface area contributed by atoms with E-state index in [1.165, 1.54) is 0 Å². The van der Waals surface area contributed by atoms with E-state index in [0.29, 0.717) is 12.8 Å². The number of nitrogens with zero attached hydrogens (tertiary/aromatic N) is 3. The fourth-order valence-electron chi connectivity index (χ4n) is 2.39. The number of nitrogens with one attached hydrogen (secondary N) is 2. The zero-order valence-electron chi connectivity index (χ0n) is 10.1. The molecule has 1 amide bonds. The summed E-state index contributed by atoms with van der Waals surface area (Å²) >= 11 is 0. The van der Waals surface area contributed by atoms with E-state index in [1.807, 2.05) is 0 Å². The van der Waals surface area contributed by atoms with Crippen LogP contribution in [-0.2, 0) is 11.3 Å². The van der Waals surface area contributed by atoms with Crippen molar-refractivity contribution in [3.05, 3.63) is 5.82 Å². The maximum atomic E-state index is 12.8. The third-order valence-electron chi connectivity index (χ3n) is 3.33. The third-order valence-corrected chi connectivity index (χ3v) is 3.33. The summed E-state index contributed by atoms with van der Waals surface area (Å²) < 4.78 is 38.5. The molecule has 2 unspecified atom stereocenters. The van der Waals surface area contributed by atoms with Crippen molar-refractivity contribution in [2.75, 3.05) is 0 Å². The molecule has 1 heterocycles. The number of H-pyrrole nitrogens is 1. The molecule has 2 N–H and O–H groups in total. The molecule has 0 aliphatic heterocycles. The van der Waals surface area contributed by atoms with Gasteiger partial charge in [-0.15, -0.1) is 10.2 Å². The first-order valence-electron chi connectivity index (χ1n) is 6.05. The van der Waals surface area contributed by atoms with Crippen LogP contribution in [0.3, 0.4) is 0 Å². The van der Waals surface area contributed by atoms with Crippen molar-refractivity contribution in [2.24, 2.45) is 11.8 Å². The van der Waals surface area contributed by atoms with Gasteiger partial charge in [0.1, 0.15) is 0 Å². The van der Waals surface area contributed by atoms with Crippen molar-refractivity contribution in [1.29, 1.82) is 0 Å². The zero-order valence-corrected chi connectivity index (χ0v) is 10.1. The number of aromatic nitrogens is 4. The highest BCUT2D eigenvalue weighted by Crippen LogP contribution is 2.41. The van der Waals surface area contributed by atoms with E-state index in [9.17, 15) is 18.0 Å². The van der Waals surface area contributed by atoms with Crippen LogP contribution in [0.5, 0.6) is 0 Å². The minimum Gasteiger partial charge on any atom is -0.348 e. The van der Waals surface area contributed by atoms with Gasteiger partial charge in [0, 0.05) is 5.92 Å². The highest BCUT2D eigenvalue weighted by Gasteiger charge is 2.47. The molecule has 1 aromatic heterocycles. The van der Waals surface area contributed by atoms with Gasteiger partial charge in [-0.1, -0.05) is 18.1 Å². The van der Waals surface area contributed by atoms with E-state index >= 15 is 0 Å². The molecule has 1 fully saturated rings. The Hall–Kier alpha value is -1.67. The molecule has 1 aromatic rings. The van der Waals surface area contributed by atoms with Crippen molar-refractivity contribution in [3.63, 3.8) is 0 Å². The van der Waals surface area contributed by atoms with Crippen molar-refractivity contribution < 1.29 is 18.0 Å². The Labute approximate surface area is 107 Å². The van der Waals surface area contributed by atoms with E-state index in [2.05, 4.69) is 25.9 Å². The lowest BCUT2D eigenvalue weighted by molar-refractivity contribution is -0.198. The van der Waals surface area contributed by atoms with Gasteiger partial charge in [-0.05, 0) is 12.8 Å². The maximum absolute atomic E-state index is 12.8. The van der Waals surface area contributed by atoms with Crippen LogP contribution in [0.4, 0.5) is 13.2 Å². The first kappa shape index (κ1) is 13.8. The smallest absolute Gasteiger partial charge is 0.348 e. The van der Waals surface area contributed by atoms with Crippen LogP contribution in [0.15, 0.2) is 0 Å². The van der Waals surface area contributed by atoms with Gasteiger partial charge in [0.25, 0.3) is 0 Å². The largest absolute Gasteiger partial charge is 0.392 e. The number of carbonyl (C=O) groups excluding carboxylic acids is 1. The van der Waals surface area contributed by atoms with Crippen LogP contribution in [0.2, 0.25) is 0 Å². The molecular weight excluding hydrogens is 263 g/mol. The van der Waals surface area contributed by atoms with Crippen LogP contribution in [0, 0.1) is 11.8 Å². The van der Waals surface area contributed by atoms with E-state index in [0.717, 1.165) is 0 Å². The summed E-state index contributed by atoms with van der Waals surface area (Å²) in [6.07, 6.45) is -2.88. The molecule has 0 aromatic carbocycles. The molecule has 19 heavy (non-hydrogen) atoms. The molecule has 1 aliphatic rings. The third kappa shape index (κ3) is 3.42. The minimum atomic E-state index is -4.32. The van der Waals surface area contributed by atoms with Crippen molar-refractivity contribution in [2.45, 2.75) is 38.4 Å². The highest BCUT2D eigenvalue weighted by atomic mass is 19.4. The summed E-state index contributed by atoms with van der Waals surface area (Å²) in [6, 6.07) is 0. The van der Waals surface area contributed by atoms with Crippen LogP contribution in [0.25, 0.3) is 0 Å². The number of carbonyl (C=O) groups is 1. The van der Waals surface area contributed by atoms with Gasteiger partial charge in [0.05, 0.1) is 12.5 Å². The van der Waals surface area contributed by atoms with E-state index < -0.39 is 23.9 Å². The van der Waals surface area contributed by atoms with Crippen molar-refractivity contribution >= 4 is 5.91 Å². The van der Waals surface area contributed by atoms with Crippen LogP contribution < -0.4 is 5.32 Å². The number of hydrogen-bond acceptors (Lipinski definition) is 4. The summed E-state index contributed by atoms with van der Waals surface area (Å²) in [7, 11) is 0. The second kappa shape index (κ2) is 5.54. The van der Waals surface area contributed by atoms with Crippen LogP contribution >= 0.6 is 0 Å².